The molecule has 0 N–H and O–H groups in total. The van der Waals surface area contributed by atoms with Crippen molar-refractivity contribution >= 4 is 4.74 Å². The van der Waals surface area contributed by atoms with Crippen molar-refractivity contribution in [2.75, 3.05) is 0 Å². The summed E-state index contributed by atoms with van der Waals surface area (Å²) in [6.45, 7) is 0. The zero-order chi connectivity index (χ0) is 14.1. The van der Waals surface area contributed by atoms with Crippen LogP contribution in [-0.2, 0) is 14.0 Å². The van der Waals surface area contributed by atoms with E-state index in [1.165, 1.54) is 0 Å². The van der Waals surface area contributed by atoms with Gasteiger partial charge in [0.1, 0.15) is 0 Å². The Morgan fingerprint density at radius 3 is 2.00 bits per heavy atom. The molecule has 0 saturated carbocycles. The van der Waals surface area contributed by atoms with E-state index in [4.69, 9.17) is 0 Å². The monoisotopic (exact) mass is 319 g/mol. The third-order valence-electron chi connectivity index (χ3n) is 2.42. The van der Waals surface area contributed by atoms with E-state index in [-0.39, 0.29) is 14.0 Å². The molecule has 1 rings (SSSR count). The number of hydrogen-bond acceptors (Lipinski definition) is 0. The van der Waals surface area contributed by atoms with Crippen LogP contribution in [-0.4, -0.2) is 10.9 Å². The van der Waals surface area contributed by atoms with Crippen LogP contribution in [0.1, 0.15) is 38.5 Å². The van der Waals surface area contributed by atoms with Crippen LogP contribution in [0, 0.1) is 0 Å². The molecule has 0 aromatic rings. The first-order valence-electron chi connectivity index (χ1n) is 6.17. The number of rotatable bonds is 1. The fourth-order valence-electron chi connectivity index (χ4n) is 1.51. The molecule has 1 aliphatic rings. The van der Waals surface area contributed by atoms with Gasteiger partial charge in [0, 0.05) is 0 Å². The summed E-state index contributed by atoms with van der Waals surface area (Å²) in [5, 5.41) is 0. The SMILES string of the molecule is F[C](=[Ni][C]1=CCCC=CCCC=CCC1)C(F)(F)F. The zero-order valence-corrected chi connectivity index (χ0v) is 11.4. The van der Waals surface area contributed by atoms with Gasteiger partial charge in [-0.05, 0) is 0 Å². The Morgan fingerprint density at radius 2 is 1.42 bits per heavy atom. The van der Waals surface area contributed by atoms with Gasteiger partial charge in [0.15, 0.2) is 0 Å². The van der Waals surface area contributed by atoms with Gasteiger partial charge in [0.05, 0.1) is 0 Å². The Balaban J connectivity index is 2.76. The predicted octanol–water partition coefficient (Wildman–Crippen LogP) is 5.08. The second kappa shape index (κ2) is 8.47. The minimum atomic E-state index is -4.86. The summed E-state index contributed by atoms with van der Waals surface area (Å²) in [6.07, 6.45) is 9.36. The Kier molecular flexibility index (Phi) is 7.29. The van der Waals surface area contributed by atoms with Gasteiger partial charge in [-0.3, -0.25) is 0 Å². The van der Waals surface area contributed by atoms with Crippen molar-refractivity contribution in [2.45, 2.75) is 44.7 Å². The molecule has 0 aromatic heterocycles. The van der Waals surface area contributed by atoms with Crippen LogP contribution in [0.4, 0.5) is 17.6 Å². The predicted molar refractivity (Wildman–Crippen MR) is 66.2 cm³/mol. The van der Waals surface area contributed by atoms with Gasteiger partial charge in [0.25, 0.3) is 0 Å². The second-order valence-corrected chi connectivity index (χ2v) is 5.37. The molecule has 0 nitrogen and oxygen atoms in total. The summed E-state index contributed by atoms with van der Waals surface area (Å²) < 4.78 is 48.0. The molecule has 0 atom stereocenters. The molecule has 0 spiro atoms. The molecular weight excluding hydrogens is 303 g/mol. The molecule has 0 saturated heterocycles. The van der Waals surface area contributed by atoms with E-state index in [1.807, 2.05) is 18.2 Å². The summed E-state index contributed by atoms with van der Waals surface area (Å²) in [7, 11) is 0. The van der Waals surface area contributed by atoms with Gasteiger partial charge in [-0.15, -0.1) is 0 Å². The van der Waals surface area contributed by atoms with Crippen molar-refractivity contribution in [1.82, 2.24) is 0 Å². The van der Waals surface area contributed by atoms with Gasteiger partial charge in [-0.2, -0.15) is 0 Å². The van der Waals surface area contributed by atoms with Crippen molar-refractivity contribution < 1.29 is 31.6 Å². The average molecular weight is 320 g/mol. The molecule has 0 bridgehead atoms. The third kappa shape index (κ3) is 7.46. The second-order valence-electron chi connectivity index (χ2n) is 4.06. The van der Waals surface area contributed by atoms with Crippen LogP contribution in [0.5, 0.6) is 0 Å². The number of hydrogen-bond donors (Lipinski definition) is 0. The van der Waals surface area contributed by atoms with E-state index >= 15 is 0 Å². The van der Waals surface area contributed by atoms with Gasteiger partial charge in [0.2, 0.25) is 0 Å². The normalized spacial score (nSPS) is 20.4. The molecule has 0 aromatic carbocycles. The van der Waals surface area contributed by atoms with Crippen LogP contribution in [0.15, 0.2) is 34.9 Å². The van der Waals surface area contributed by atoms with E-state index in [2.05, 4.69) is 6.08 Å². The zero-order valence-electron chi connectivity index (χ0n) is 10.5. The topological polar surface area (TPSA) is 0 Å². The van der Waals surface area contributed by atoms with E-state index < -0.39 is 10.9 Å². The van der Waals surface area contributed by atoms with Crippen LogP contribution >= 0.6 is 0 Å². The Bertz CT molecular complexity index is 389. The van der Waals surface area contributed by atoms with Crippen molar-refractivity contribution in [3.8, 4) is 0 Å². The molecule has 0 heterocycles. The molecule has 0 amide bonds. The number of halogens is 4. The van der Waals surface area contributed by atoms with Crippen molar-refractivity contribution in [1.29, 1.82) is 0 Å². The average Bonchev–Trinajstić information content (AvgIpc) is 2.31. The van der Waals surface area contributed by atoms with Gasteiger partial charge >= 0.3 is 116 Å². The molecule has 5 heteroatoms. The number of alkyl halides is 3. The molecule has 1 aliphatic carbocycles. The van der Waals surface area contributed by atoms with Crippen LogP contribution in [0.3, 0.4) is 0 Å². The first-order valence-corrected chi connectivity index (χ1v) is 7.16. The molecule has 111 valence electrons. The Labute approximate surface area is 116 Å². The molecule has 0 radical (unpaired) electrons. The van der Waals surface area contributed by atoms with Crippen molar-refractivity contribution in [2.24, 2.45) is 0 Å². The minimum absolute atomic E-state index is 0.00217. The van der Waals surface area contributed by atoms with E-state index in [0.29, 0.717) is 23.8 Å². The quantitative estimate of drug-likeness (QED) is 0.359. The van der Waals surface area contributed by atoms with Gasteiger partial charge < -0.3 is 0 Å². The van der Waals surface area contributed by atoms with E-state index in [9.17, 15) is 17.6 Å². The van der Waals surface area contributed by atoms with Crippen molar-refractivity contribution in [3.05, 3.63) is 34.9 Å². The summed E-state index contributed by atoms with van der Waals surface area (Å²) in [4.78, 5) is 0. The molecule has 0 fully saturated rings. The molecule has 0 unspecified atom stereocenters. The van der Waals surface area contributed by atoms with Crippen LogP contribution in [0.2, 0.25) is 0 Å². The standard InChI is InChI=1S/C12H17.C2F4.Ni/c1-2-4-6-8-10-12-11-9-7-5-3-1;3-1-2(4,5)6;/h1-2,7-9H,3-6,11-12H2;;. The van der Waals surface area contributed by atoms with Crippen LogP contribution in [0.25, 0.3) is 0 Å². The first-order chi connectivity index (χ1) is 9.00. The van der Waals surface area contributed by atoms with E-state index in [0.717, 1.165) is 19.3 Å². The maximum atomic E-state index is 12.9. The van der Waals surface area contributed by atoms with Gasteiger partial charge in [-0.25, -0.2) is 0 Å². The van der Waals surface area contributed by atoms with Gasteiger partial charge in [-0.1, -0.05) is 0 Å². The summed E-state index contributed by atoms with van der Waals surface area (Å²) in [5.74, 6) is 0. The van der Waals surface area contributed by atoms with Crippen molar-refractivity contribution in [3.63, 3.8) is 0 Å². The Morgan fingerprint density at radius 1 is 0.895 bits per heavy atom. The molecule has 0 aliphatic heterocycles. The summed E-state index contributed by atoms with van der Waals surface area (Å²) in [5.41, 5.74) is 0. The fraction of sp³-hybridized carbons (Fsp3) is 0.500. The molecule has 19 heavy (non-hydrogen) atoms. The molecular formula is C14H17F4Ni. The third-order valence-corrected chi connectivity index (χ3v) is 3.68. The summed E-state index contributed by atoms with van der Waals surface area (Å²) >= 11 is 0.00217. The van der Waals surface area contributed by atoms with Crippen LogP contribution < -0.4 is 0 Å². The maximum absolute atomic E-state index is 12.9. The fourth-order valence-corrected chi connectivity index (χ4v) is 2.44. The van der Waals surface area contributed by atoms with E-state index in [1.54, 1.807) is 6.08 Å². The number of allylic oxidation sites excluding steroid dienone is 6. The Hall–Kier alpha value is -0.696. The summed E-state index contributed by atoms with van der Waals surface area (Å²) in [6, 6.07) is 0. The first kappa shape index (κ1) is 16.4.